The normalized spacial score (nSPS) is 30.0. The predicted octanol–water partition coefficient (Wildman–Crippen LogP) is 4.45. The third kappa shape index (κ3) is 3.93. The number of rotatable bonds is 4. The van der Waals surface area contributed by atoms with E-state index in [0.29, 0.717) is 44.3 Å². The SMILES string of the molecule is CC[C@]1(O)CC[C@@]2(CCN(c3ccc(O[C@@H](C)C(F)(F)F)cc3)C2=O)CC1. The lowest BCUT2D eigenvalue weighted by atomic mass is 9.67. The van der Waals surface area contributed by atoms with Crippen LogP contribution < -0.4 is 9.64 Å². The maximum absolute atomic E-state index is 13.0. The van der Waals surface area contributed by atoms with E-state index in [4.69, 9.17) is 4.74 Å². The van der Waals surface area contributed by atoms with Gasteiger partial charge < -0.3 is 14.7 Å². The lowest BCUT2D eigenvalue weighted by molar-refractivity contribution is -0.189. The first kappa shape index (κ1) is 20.0. The summed E-state index contributed by atoms with van der Waals surface area (Å²) in [5.41, 5.74) is -0.408. The van der Waals surface area contributed by atoms with Gasteiger partial charge in [-0.05, 0) is 69.7 Å². The van der Waals surface area contributed by atoms with Gasteiger partial charge >= 0.3 is 6.18 Å². The molecular weight excluding hydrogens is 359 g/mol. The molecule has 0 radical (unpaired) electrons. The van der Waals surface area contributed by atoms with Crippen LogP contribution in [0.15, 0.2) is 24.3 Å². The summed E-state index contributed by atoms with van der Waals surface area (Å²) < 4.78 is 42.7. The number of benzene rings is 1. The van der Waals surface area contributed by atoms with Crippen LogP contribution in [0.3, 0.4) is 0 Å². The van der Waals surface area contributed by atoms with Gasteiger partial charge in [0.15, 0.2) is 6.10 Å². The molecule has 4 nitrogen and oxygen atoms in total. The molecule has 1 saturated carbocycles. The Kier molecular flexibility index (Phi) is 5.18. The van der Waals surface area contributed by atoms with Crippen molar-refractivity contribution in [3.8, 4) is 5.75 Å². The number of hydrogen-bond donors (Lipinski definition) is 1. The molecule has 3 rings (SSSR count). The van der Waals surface area contributed by atoms with E-state index in [9.17, 15) is 23.1 Å². The number of carbonyl (C=O) groups excluding carboxylic acids is 1. The van der Waals surface area contributed by atoms with Crippen molar-refractivity contribution in [1.82, 2.24) is 0 Å². The molecule has 1 aromatic carbocycles. The van der Waals surface area contributed by atoms with Crippen LogP contribution in [0.4, 0.5) is 18.9 Å². The smallest absolute Gasteiger partial charge is 0.425 e. The minimum atomic E-state index is -4.42. The fourth-order valence-electron chi connectivity index (χ4n) is 4.05. The van der Waals surface area contributed by atoms with Crippen LogP contribution in [0.1, 0.15) is 52.4 Å². The molecule has 1 saturated heterocycles. The highest BCUT2D eigenvalue weighted by Gasteiger charge is 2.51. The second-order valence-electron chi connectivity index (χ2n) is 7.86. The Morgan fingerprint density at radius 1 is 1.15 bits per heavy atom. The number of nitrogens with zero attached hydrogens (tertiary/aromatic N) is 1. The summed E-state index contributed by atoms with van der Waals surface area (Å²) in [4.78, 5) is 14.7. The Labute approximate surface area is 157 Å². The van der Waals surface area contributed by atoms with Crippen molar-refractivity contribution in [3.63, 3.8) is 0 Å². The van der Waals surface area contributed by atoms with E-state index in [-0.39, 0.29) is 11.7 Å². The number of alkyl halides is 3. The van der Waals surface area contributed by atoms with Gasteiger partial charge in [-0.15, -0.1) is 0 Å². The molecule has 0 bridgehead atoms. The topological polar surface area (TPSA) is 49.8 Å². The summed E-state index contributed by atoms with van der Waals surface area (Å²) >= 11 is 0. The highest BCUT2D eigenvalue weighted by molar-refractivity contribution is 6.00. The summed E-state index contributed by atoms with van der Waals surface area (Å²) in [7, 11) is 0. The van der Waals surface area contributed by atoms with Gasteiger partial charge in [0.05, 0.1) is 11.0 Å². The largest absolute Gasteiger partial charge is 0.481 e. The average molecular weight is 385 g/mol. The zero-order valence-corrected chi connectivity index (χ0v) is 15.7. The molecule has 1 atom stereocenters. The maximum Gasteiger partial charge on any atom is 0.425 e. The summed E-state index contributed by atoms with van der Waals surface area (Å²) in [5.74, 6) is 0.175. The Morgan fingerprint density at radius 2 is 1.74 bits per heavy atom. The number of carbonyl (C=O) groups is 1. The van der Waals surface area contributed by atoms with Gasteiger partial charge in [0, 0.05) is 12.2 Å². The molecule has 150 valence electrons. The number of aliphatic hydroxyl groups is 1. The van der Waals surface area contributed by atoms with E-state index >= 15 is 0 Å². The molecule has 1 aromatic rings. The molecular formula is C20H26F3NO3. The molecule has 1 N–H and O–H groups in total. The number of amides is 1. The number of halogens is 3. The van der Waals surface area contributed by atoms with Crippen molar-refractivity contribution in [2.24, 2.45) is 5.41 Å². The van der Waals surface area contributed by atoms with E-state index in [2.05, 4.69) is 0 Å². The summed E-state index contributed by atoms with van der Waals surface area (Å²) in [6.07, 6.45) is -2.25. The second-order valence-corrected chi connectivity index (χ2v) is 7.86. The van der Waals surface area contributed by atoms with Crippen molar-refractivity contribution in [3.05, 3.63) is 24.3 Å². The fraction of sp³-hybridized carbons (Fsp3) is 0.650. The van der Waals surface area contributed by atoms with Crippen molar-refractivity contribution >= 4 is 11.6 Å². The first-order chi connectivity index (χ1) is 12.6. The molecule has 0 aromatic heterocycles. The summed E-state index contributed by atoms with van der Waals surface area (Å²) in [6.45, 7) is 3.51. The van der Waals surface area contributed by atoms with Gasteiger partial charge in [-0.25, -0.2) is 0 Å². The highest BCUT2D eigenvalue weighted by Crippen LogP contribution is 2.49. The summed E-state index contributed by atoms with van der Waals surface area (Å²) in [5, 5.41) is 10.4. The van der Waals surface area contributed by atoms with Crippen molar-refractivity contribution in [1.29, 1.82) is 0 Å². The molecule has 0 unspecified atom stereocenters. The molecule has 2 aliphatic rings. The highest BCUT2D eigenvalue weighted by atomic mass is 19.4. The molecule has 1 aliphatic heterocycles. The average Bonchev–Trinajstić information content (AvgIpc) is 2.94. The van der Waals surface area contributed by atoms with Crippen LogP contribution in [0.2, 0.25) is 0 Å². The third-order valence-corrected chi connectivity index (χ3v) is 6.23. The van der Waals surface area contributed by atoms with Gasteiger partial charge in [-0.3, -0.25) is 4.79 Å². The molecule has 1 aliphatic carbocycles. The van der Waals surface area contributed by atoms with Gasteiger partial charge in [0.25, 0.3) is 0 Å². The van der Waals surface area contributed by atoms with E-state index in [1.165, 1.54) is 12.1 Å². The minimum Gasteiger partial charge on any atom is -0.481 e. The van der Waals surface area contributed by atoms with Crippen LogP contribution >= 0.6 is 0 Å². The quantitative estimate of drug-likeness (QED) is 0.833. The zero-order chi connectivity index (χ0) is 19.9. The first-order valence-electron chi connectivity index (χ1n) is 9.46. The van der Waals surface area contributed by atoms with Gasteiger partial charge in [-0.2, -0.15) is 13.2 Å². The van der Waals surface area contributed by atoms with Gasteiger partial charge in [0.2, 0.25) is 5.91 Å². The predicted molar refractivity (Wildman–Crippen MR) is 95.7 cm³/mol. The van der Waals surface area contributed by atoms with Gasteiger partial charge in [-0.1, -0.05) is 6.92 Å². The lowest BCUT2D eigenvalue weighted by Crippen LogP contribution is -2.43. The molecule has 27 heavy (non-hydrogen) atoms. The van der Waals surface area contributed by atoms with Crippen LogP contribution in [0, 0.1) is 5.41 Å². The van der Waals surface area contributed by atoms with Crippen LogP contribution in [-0.2, 0) is 4.79 Å². The molecule has 1 heterocycles. The standard InChI is InChI=1S/C20H26F3NO3/c1-3-19(26)10-8-18(9-11-19)12-13-24(17(18)25)15-4-6-16(7-5-15)27-14(2)20(21,22)23/h4-7,14,26H,3,8-13H2,1-2H3/t14-,18-,19-/m0/s1. The van der Waals surface area contributed by atoms with E-state index in [0.717, 1.165) is 13.3 Å². The molecule has 1 spiro atoms. The van der Waals surface area contributed by atoms with Crippen LogP contribution in [-0.4, -0.2) is 35.4 Å². The lowest BCUT2D eigenvalue weighted by Gasteiger charge is -2.40. The number of ether oxygens (including phenoxy) is 1. The van der Waals surface area contributed by atoms with E-state index in [1.807, 2.05) is 6.92 Å². The van der Waals surface area contributed by atoms with Crippen molar-refractivity contribution in [2.75, 3.05) is 11.4 Å². The van der Waals surface area contributed by atoms with Gasteiger partial charge in [0.1, 0.15) is 5.75 Å². The van der Waals surface area contributed by atoms with Crippen molar-refractivity contribution < 1.29 is 27.8 Å². The Morgan fingerprint density at radius 3 is 2.26 bits per heavy atom. The van der Waals surface area contributed by atoms with E-state index < -0.39 is 23.3 Å². The Bertz CT molecular complexity index is 679. The Hall–Kier alpha value is -1.76. The van der Waals surface area contributed by atoms with E-state index in [1.54, 1.807) is 17.0 Å². The number of hydrogen-bond acceptors (Lipinski definition) is 3. The minimum absolute atomic E-state index is 0.0537. The molecule has 1 amide bonds. The first-order valence-corrected chi connectivity index (χ1v) is 9.46. The monoisotopic (exact) mass is 385 g/mol. The molecule has 2 fully saturated rings. The van der Waals surface area contributed by atoms with Crippen LogP contribution in [0.5, 0.6) is 5.75 Å². The second kappa shape index (κ2) is 7.00. The maximum atomic E-state index is 13.0. The third-order valence-electron chi connectivity index (χ3n) is 6.23. The number of anilines is 1. The Balaban J connectivity index is 1.67. The zero-order valence-electron chi connectivity index (χ0n) is 15.7. The fourth-order valence-corrected chi connectivity index (χ4v) is 4.05. The molecule has 7 heteroatoms. The summed E-state index contributed by atoms with van der Waals surface area (Å²) in [6, 6.07) is 6.18. The van der Waals surface area contributed by atoms with Crippen LogP contribution in [0.25, 0.3) is 0 Å². The van der Waals surface area contributed by atoms with Crippen molar-refractivity contribution in [2.45, 2.75) is 70.3 Å².